The Labute approximate surface area is 181 Å². The van der Waals surface area contributed by atoms with E-state index in [-0.39, 0.29) is 16.0 Å². The van der Waals surface area contributed by atoms with Crippen LogP contribution in [0.25, 0.3) is 0 Å². The van der Waals surface area contributed by atoms with Crippen LogP contribution in [-0.2, 0) is 11.0 Å². The van der Waals surface area contributed by atoms with Gasteiger partial charge in [0.05, 0.1) is 10.4 Å². The van der Waals surface area contributed by atoms with E-state index in [0.717, 1.165) is 11.1 Å². The average molecular weight is 495 g/mol. The smallest absolute Gasteiger partial charge is 0.420 e. The number of alkyl halides is 2. The molecule has 4 nitrogen and oxygen atoms in total. The molecule has 3 aromatic rings. The summed E-state index contributed by atoms with van der Waals surface area (Å²) in [5, 5.41) is 0. The quantitative estimate of drug-likeness (QED) is 0.289. The molecule has 0 amide bonds. The zero-order valence-corrected chi connectivity index (χ0v) is 18.1. The average Bonchev–Trinajstić information content (AvgIpc) is 2.74. The van der Waals surface area contributed by atoms with Crippen molar-refractivity contribution in [2.75, 3.05) is 0 Å². The highest BCUT2D eigenvalue weighted by Crippen LogP contribution is 2.50. The number of carbonyl (C=O) groups excluding carboxylic acids is 1. The summed E-state index contributed by atoms with van der Waals surface area (Å²) in [6.07, 6.45) is -3.16. The Hall–Kier alpha value is -2.34. The fourth-order valence-electron chi connectivity index (χ4n) is 3.01. The Kier molecular flexibility index (Phi) is 7.19. The van der Waals surface area contributed by atoms with Gasteiger partial charge in [0.15, 0.2) is 5.78 Å². The van der Waals surface area contributed by atoms with E-state index in [1.807, 2.05) is 36.4 Å². The molecule has 0 aromatic heterocycles. The zero-order chi connectivity index (χ0) is 21.7. The van der Waals surface area contributed by atoms with Gasteiger partial charge in [-0.1, -0.05) is 66.7 Å². The minimum Gasteiger partial charge on any atom is -0.420 e. The molecule has 0 saturated heterocycles. The summed E-state index contributed by atoms with van der Waals surface area (Å²) in [7, 11) is -5.08. The predicted molar refractivity (Wildman–Crippen MR) is 114 cm³/mol. The second-order valence-electron chi connectivity index (χ2n) is 6.60. The Bertz CT molecular complexity index is 1060. The van der Waals surface area contributed by atoms with Gasteiger partial charge in [-0.05, 0) is 45.6 Å². The molecule has 1 N–H and O–H groups in total. The fourth-order valence-corrected chi connectivity index (χ4v) is 4.17. The first kappa shape index (κ1) is 22.3. The molecule has 2 atom stereocenters. The van der Waals surface area contributed by atoms with Crippen LogP contribution in [0.2, 0.25) is 0 Å². The van der Waals surface area contributed by atoms with Gasteiger partial charge in [-0.15, -0.1) is 0 Å². The molecule has 0 radical (unpaired) electrons. The van der Waals surface area contributed by atoms with Crippen molar-refractivity contribution in [2.24, 2.45) is 0 Å². The summed E-state index contributed by atoms with van der Waals surface area (Å²) < 4.78 is 41.6. The van der Waals surface area contributed by atoms with E-state index in [1.165, 1.54) is 6.07 Å². The van der Waals surface area contributed by atoms with Crippen LogP contribution in [0.1, 0.15) is 27.4 Å². The maximum Gasteiger partial charge on any atom is 0.442 e. The van der Waals surface area contributed by atoms with Crippen LogP contribution in [0, 0.1) is 0 Å². The first-order valence-corrected chi connectivity index (χ1v) is 11.4. The summed E-state index contributed by atoms with van der Waals surface area (Å²) in [6.45, 7) is 0. The van der Waals surface area contributed by atoms with Crippen molar-refractivity contribution in [1.82, 2.24) is 0 Å². The van der Waals surface area contributed by atoms with E-state index in [0.29, 0.717) is 12.0 Å². The lowest BCUT2D eigenvalue weighted by Gasteiger charge is -2.18. The van der Waals surface area contributed by atoms with Crippen LogP contribution in [0.4, 0.5) is 8.78 Å². The lowest BCUT2D eigenvalue weighted by atomic mass is 9.85. The van der Waals surface area contributed by atoms with E-state index >= 15 is 0 Å². The molecule has 30 heavy (non-hydrogen) atoms. The molecule has 156 valence electrons. The van der Waals surface area contributed by atoms with Gasteiger partial charge < -0.3 is 9.42 Å². The molecule has 0 aliphatic carbocycles. The van der Waals surface area contributed by atoms with Gasteiger partial charge in [0.1, 0.15) is 5.75 Å². The highest BCUT2D eigenvalue weighted by molar-refractivity contribution is 9.10. The second-order valence-corrected chi connectivity index (χ2v) is 9.15. The van der Waals surface area contributed by atoms with Crippen molar-refractivity contribution in [3.63, 3.8) is 0 Å². The van der Waals surface area contributed by atoms with E-state index < -0.39 is 19.7 Å². The molecule has 3 rings (SSSR count). The Balaban J connectivity index is 1.89. The van der Waals surface area contributed by atoms with Crippen molar-refractivity contribution in [3.8, 4) is 5.75 Å². The van der Waals surface area contributed by atoms with Gasteiger partial charge in [0.2, 0.25) is 0 Å². The highest BCUT2D eigenvalue weighted by Gasteiger charge is 2.35. The molecular formula is C22H18BrF2O4P. The lowest BCUT2D eigenvalue weighted by molar-refractivity contribution is 0.0959. The molecule has 0 heterocycles. The third-order valence-electron chi connectivity index (χ3n) is 4.49. The standard InChI is InChI=1S/C22H18BrF2O4P/c23-19-14-15(11-12-20(19)29-30(27,28)22(24)25)13-18(16-7-3-1-4-8-16)21(26)17-9-5-2-6-10-17/h1-12,14,18,22H,13H2,(H,27,28). The molecular weight excluding hydrogens is 477 g/mol. The molecule has 0 saturated carbocycles. The predicted octanol–water partition coefficient (Wildman–Crippen LogP) is 6.45. The maximum absolute atomic E-state index is 13.2. The Morgan fingerprint density at radius 3 is 2.17 bits per heavy atom. The summed E-state index contributed by atoms with van der Waals surface area (Å²) >= 11 is 3.19. The summed E-state index contributed by atoms with van der Waals surface area (Å²) in [5.74, 6) is -0.677. The topological polar surface area (TPSA) is 63.6 Å². The van der Waals surface area contributed by atoms with E-state index in [2.05, 4.69) is 20.5 Å². The van der Waals surface area contributed by atoms with Crippen LogP contribution in [0.5, 0.6) is 5.75 Å². The number of hydrogen-bond acceptors (Lipinski definition) is 3. The highest BCUT2D eigenvalue weighted by atomic mass is 79.9. The molecule has 0 aliphatic heterocycles. The lowest BCUT2D eigenvalue weighted by Crippen LogP contribution is -2.15. The van der Waals surface area contributed by atoms with Gasteiger partial charge in [0, 0.05) is 5.56 Å². The van der Waals surface area contributed by atoms with Gasteiger partial charge in [0.25, 0.3) is 0 Å². The number of ketones is 1. The summed E-state index contributed by atoms with van der Waals surface area (Å²) in [6, 6.07) is 22.8. The van der Waals surface area contributed by atoms with Gasteiger partial charge >= 0.3 is 13.8 Å². The maximum atomic E-state index is 13.2. The van der Waals surface area contributed by atoms with Gasteiger partial charge in [-0.2, -0.15) is 8.78 Å². The first-order chi connectivity index (χ1) is 14.3. The Morgan fingerprint density at radius 1 is 1.00 bits per heavy atom. The number of benzene rings is 3. The molecule has 3 aromatic carbocycles. The van der Waals surface area contributed by atoms with Crippen molar-refractivity contribution in [3.05, 3.63) is 100 Å². The molecule has 0 aliphatic rings. The summed E-state index contributed by atoms with van der Waals surface area (Å²) in [5.41, 5.74) is 2.17. The largest absolute Gasteiger partial charge is 0.442 e. The number of hydrogen-bond donors (Lipinski definition) is 1. The molecule has 0 bridgehead atoms. The van der Waals surface area contributed by atoms with E-state index in [1.54, 1.807) is 36.4 Å². The molecule has 8 heteroatoms. The number of halogens is 3. The van der Waals surface area contributed by atoms with E-state index in [4.69, 9.17) is 0 Å². The third-order valence-corrected chi connectivity index (χ3v) is 6.06. The van der Waals surface area contributed by atoms with Gasteiger partial charge in [-0.3, -0.25) is 4.79 Å². The van der Waals surface area contributed by atoms with Crippen LogP contribution in [-0.4, -0.2) is 16.8 Å². The van der Waals surface area contributed by atoms with Crippen LogP contribution < -0.4 is 4.52 Å². The minimum absolute atomic E-state index is 0.0455. The summed E-state index contributed by atoms with van der Waals surface area (Å²) in [4.78, 5) is 22.4. The van der Waals surface area contributed by atoms with Crippen LogP contribution >= 0.6 is 23.5 Å². The van der Waals surface area contributed by atoms with Crippen LogP contribution in [0.3, 0.4) is 0 Å². The van der Waals surface area contributed by atoms with Gasteiger partial charge in [-0.25, -0.2) is 4.57 Å². The number of Topliss-reactive ketones (excluding diaryl/α,β-unsaturated/α-hetero) is 1. The SMILES string of the molecule is O=C(c1ccccc1)C(Cc1ccc(OP(=O)(O)C(F)F)c(Br)c1)c1ccccc1. The number of rotatable bonds is 8. The monoisotopic (exact) mass is 494 g/mol. The van der Waals surface area contributed by atoms with Crippen molar-refractivity contribution < 1.29 is 27.6 Å². The third kappa shape index (κ3) is 5.42. The van der Waals surface area contributed by atoms with Crippen molar-refractivity contribution in [1.29, 1.82) is 0 Å². The van der Waals surface area contributed by atoms with E-state index in [9.17, 15) is 23.0 Å². The fraction of sp³-hybridized carbons (Fsp3) is 0.136. The minimum atomic E-state index is -5.08. The normalized spacial score (nSPS) is 14.2. The number of carbonyl (C=O) groups is 1. The van der Waals surface area contributed by atoms with Crippen LogP contribution in [0.15, 0.2) is 83.3 Å². The van der Waals surface area contributed by atoms with Crippen molar-refractivity contribution >= 4 is 29.3 Å². The van der Waals surface area contributed by atoms with Crippen molar-refractivity contribution in [2.45, 2.75) is 18.5 Å². The second kappa shape index (κ2) is 9.65. The molecule has 0 spiro atoms. The molecule has 0 fully saturated rings. The first-order valence-electron chi connectivity index (χ1n) is 9.01. The molecule has 2 unspecified atom stereocenters. The zero-order valence-electron chi connectivity index (χ0n) is 15.6. The Morgan fingerprint density at radius 2 is 1.60 bits per heavy atom.